The molecule has 0 saturated carbocycles. The molecular formula is C19H22N6O. The molecule has 0 bridgehead atoms. The predicted octanol–water partition coefficient (Wildman–Crippen LogP) is 2.37. The summed E-state index contributed by atoms with van der Waals surface area (Å²) in [5.41, 5.74) is 2.17. The van der Waals surface area contributed by atoms with Crippen LogP contribution in [0.1, 0.15) is 30.2 Å². The molecule has 1 amide bonds. The van der Waals surface area contributed by atoms with Crippen molar-refractivity contribution in [3.05, 3.63) is 48.5 Å². The number of fused-ring (bicyclic) bond motifs is 1. The minimum Gasteiger partial charge on any atom is -0.353 e. The lowest BCUT2D eigenvalue weighted by molar-refractivity contribution is 0.0746. The Balaban J connectivity index is 1.47. The van der Waals surface area contributed by atoms with Crippen molar-refractivity contribution < 1.29 is 4.79 Å². The Bertz CT molecular complexity index is 912. The van der Waals surface area contributed by atoms with Crippen LogP contribution in [0.4, 0.5) is 5.82 Å². The number of pyridine rings is 2. The van der Waals surface area contributed by atoms with E-state index in [2.05, 4.69) is 33.7 Å². The molecule has 0 aromatic carbocycles. The second-order valence-electron chi connectivity index (χ2n) is 6.78. The monoisotopic (exact) mass is 350 g/mol. The second-order valence-corrected chi connectivity index (χ2v) is 6.78. The van der Waals surface area contributed by atoms with Crippen LogP contribution in [0.5, 0.6) is 0 Å². The van der Waals surface area contributed by atoms with E-state index in [1.54, 1.807) is 18.7 Å². The van der Waals surface area contributed by atoms with Crippen molar-refractivity contribution in [3.8, 4) is 0 Å². The third-order valence-electron chi connectivity index (χ3n) is 4.76. The van der Waals surface area contributed by atoms with Gasteiger partial charge in [0.2, 0.25) is 0 Å². The smallest absolute Gasteiger partial charge is 0.255 e. The molecule has 3 aromatic rings. The normalized spacial score (nSPS) is 15.0. The van der Waals surface area contributed by atoms with E-state index < -0.39 is 0 Å². The maximum atomic E-state index is 12.8. The first-order valence-electron chi connectivity index (χ1n) is 8.91. The Morgan fingerprint density at radius 1 is 1.08 bits per heavy atom. The highest BCUT2D eigenvalue weighted by Crippen LogP contribution is 2.18. The molecule has 7 nitrogen and oxygen atoms in total. The van der Waals surface area contributed by atoms with Crippen molar-refractivity contribution in [2.75, 3.05) is 31.1 Å². The second kappa shape index (κ2) is 6.74. The molecule has 0 unspecified atom stereocenters. The van der Waals surface area contributed by atoms with E-state index in [1.807, 2.05) is 33.7 Å². The lowest BCUT2D eigenvalue weighted by Gasteiger charge is -2.35. The molecule has 3 aromatic heterocycles. The molecule has 1 saturated heterocycles. The fourth-order valence-electron chi connectivity index (χ4n) is 3.28. The molecule has 4 heterocycles. The number of hydrogen-bond donors (Lipinski definition) is 0. The summed E-state index contributed by atoms with van der Waals surface area (Å²) in [7, 11) is 0. The van der Waals surface area contributed by atoms with Crippen molar-refractivity contribution in [1.29, 1.82) is 0 Å². The van der Waals surface area contributed by atoms with E-state index in [0.717, 1.165) is 30.1 Å². The molecule has 1 aliphatic rings. The van der Waals surface area contributed by atoms with E-state index in [1.165, 1.54) is 0 Å². The highest BCUT2D eigenvalue weighted by atomic mass is 16.2. The van der Waals surface area contributed by atoms with E-state index in [-0.39, 0.29) is 11.9 Å². The van der Waals surface area contributed by atoms with Gasteiger partial charge in [0, 0.05) is 44.6 Å². The van der Waals surface area contributed by atoms with Gasteiger partial charge in [-0.15, -0.1) is 0 Å². The van der Waals surface area contributed by atoms with Gasteiger partial charge < -0.3 is 14.4 Å². The lowest BCUT2D eigenvalue weighted by Crippen LogP contribution is -2.49. The van der Waals surface area contributed by atoms with Crippen molar-refractivity contribution in [2.24, 2.45) is 0 Å². The van der Waals surface area contributed by atoms with Crippen LogP contribution in [-0.2, 0) is 0 Å². The summed E-state index contributed by atoms with van der Waals surface area (Å²) < 4.78 is 2.01. The Hall–Kier alpha value is -2.96. The summed E-state index contributed by atoms with van der Waals surface area (Å²) in [6.07, 6.45) is 5.24. The lowest BCUT2D eigenvalue weighted by atomic mass is 10.2. The first-order valence-corrected chi connectivity index (χ1v) is 8.91. The van der Waals surface area contributed by atoms with Crippen LogP contribution in [0.15, 0.2) is 43.0 Å². The third-order valence-corrected chi connectivity index (χ3v) is 4.76. The minimum absolute atomic E-state index is 0.0131. The molecule has 1 aliphatic heterocycles. The van der Waals surface area contributed by atoms with Crippen molar-refractivity contribution in [2.45, 2.75) is 19.9 Å². The molecule has 134 valence electrons. The third kappa shape index (κ3) is 3.00. The zero-order valence-electron chi connectivity index (χ0n) is 15.0. The Labute approximate surface area is 152 Å². The Kier molecular flexibility index (Phi) is 4.28. The van der Waals surface area contributed by atoms with Gasteiger partial charge in [-0.2, -0.15) is 0 Å². The number of aromatic nitrogens is 4. The average molecular weight is 350 g/mol. The minimum atomic E-state index is 0.0131. The molecule has 0 atom stereocenters. The van der Waals surface area contributed by atoms with Gasteiger partial charge in [-0.25, -0.2) is 15.0 Å². The van der Waals surface area contributed by atoms with E-state index in [9.17, 15) is 4.79 Å². The molecule has 0 spiro atoms. The largest absolute Gasteiger partial charge is 0.353 e. The number of hydrogen-bond acceptors (Lipinski definition) is 5. The quantitative estimate of drug-likeness (QED) is 0.725. The van der Waals surface area contributed by atoms with E-state index in [4.69, 9.17) is 0 Å². The van der Waals surface area contributed by atoms with E-state index >= 15 is 0 Å². The summed E-state index contributed by atoms with van der Waals surface area (Å²) in [6, 6.07) is 8.02. The molecule has 0 radical (unpaired) electrons. The first kappa shape index (κ1) is 16.5. The molecule has 4 rings (SSSR count). The molecule has 1 fully saturated rings. The summed E-state index contributed by atoms with van der Waals surface area (Å²) in [5.74, 6) is 0.973. The van der Waals surface area contributed by atoms with Gasteiger partial charge in [0.1, 0.15) is 11.3 Å². The van der Waals surface area contributed by atoms with Gasteiger partial charge in [-0.05, 0) is 32.0 Å². The predicted molar refractivity (Wildman–Crippen MR) is 100 cm³/mol. The van der Waals surface area contributed by atoms with Gasteiger partial charge in [0.25, 0.3) is 5.91 Å². The Morgan fingerprint density at radius 2 is 1.88 bits per heavy atom. The van der Waals surface area contributed by atoms with Crippen LogP contribution in [-0.4, -0.2) is 56.5 Å². The van der Waals surface area contributed by atoms with Crippen LogP contribution >= 0.6 is 0 Å². The van der Waals surface area contributed by atoms with Gasteiger partial charge >= 0.3 is 0 Å². The van der Waals surface area contributed by atoms with Crippen LogP contribution in [0.3, 0.4) is 0 Å². The topological polar surface area (TPSA) is 67.2 Å². The maximum Gasteiger partial charge on any atom is 0.255 e. The number of imidazole rings is 1. The molecular weight excluding hydrogens is 328 g/mol. The highest BCUT2D eigenvalue weighted by Gasteiger charge is 2.23. The standard InChI is InChI=1S/C19H22N6O/c1-14(2)25-13-22-16-11-15(12-21-18(16)25)19(26)24-9-7-23(8-10-24)17-5-3-4-6-20-17/h3-6,11-14H,7-10H2,1-2H3. The molecule has 0 N–H and O–H groups in total. The van der Waals surface area contributed by atoms with Gasteiger partial charge in [-0.3, -0.25) is 4.79 Å². The van der Waals surface area contributed by atoms with Crippen LogP contribution in [0, 0.1) is 0 Å². The highest BCUT2D eigenvalue weighted by molar-refractivity contribution is 5.96. The van der Waals surface area contributed by atoms with Crippen LogP contribution in [0.2, 0.25) is 0 Å². The molecule has 0 aliphatic carbocycles. The number of carbonyl (C=O) groups is 1. The zero-order chi connectivity index (χ0) is 18.1. The number of piperazine rings is 1. The average Bonchev–Trinajstić information content (AvgIpc) is 3.12. The number of carbonyl (C=O) groups excluding carboxylic acids is 1. The first-order chi connectivity index (χ1) is 12.6. The summed E-state index contributed by atoms with van der Waals surface area (Å²) in [6.45, 7) is 7.08. The number of amides is 1. The Morgan fingerprint density at radius 3 is 2.58 bits per heavy atom. The van der Waals surface area contributed by atoms with E-state index in [0.29, 0.717) is 18.7 Å². The number of rotatable bonds is 3. The fraction of sp³-hybridized carbons (Fsp3) is 0.368. The zero-order valence-corrected chi connectivity index (χ0v) is 15.0. The summed E-state index contributed by atoms with van der Waals surface area (Å²) in [4.78, 5) is 30.2. The van der Waals surface area contributed by atoms with Gasteiger partial charge in [-0.1, -0.05) is 6.07 Å². The van der Waals surface area contributed by atoms with Crippen LogP contribution in [0.25, 0.3) is 11.2 Å². The molecule has 26 heavy (non-hydrogen) atoms. The van der Waals surface area contributed by atoms with Crippen molar-refractivity contribution in [3.63, 3.8) is 0 Å². The van der Waals surface area contributed by atoms with Crippen molar-refractivity contribution in [1.82, 2.24) is 24.4 Å². The summed E-state index contributed by atoms with van der Waals surface area (Å²) >= 11 is 0. The van der Waals surface area contributed by atoms with Gasteiger partial charge in [0.05, 0.1) is 11.9 Å². The van der Waals surface area contributed by atoms with Crippen molar-refractivity contribution >= 4 is 22.9 Å². The SMILES string of the molecule is CC(C)n1cnc2cc(C(=O)N3CCN(c4ccccn4)CC3)cnc21. The fourth-order valence-corrected chi connectivity index (χ4v) is 3.28. The van der Waals surface area contributed by atoms with Gasteiger partial charge in [0.15, 0.2) is 5.65 Å². The molecule has 7 heteroatoms. The number of anilines is 1. The van der Waals surface area contributed by atoms with Crippen LogP contribution < -0.4 is 4.90 Å². The number of nitrogens with zero attached hydrogens (tertiary/aromatic N) is 6. The summed E-state index contributed by atoms with van der Waals surface area (Å²) in [5, 5.41) is 0. The maximum absolute atomic E-state index is 12.8.